The zero-order valence-electron chi connectivity index (χ0n) is 8.77. The molecule has 1 atom stereocenters. The molecule has 0 unspecified atom stereocenters. The van der Waals surface area contributed by atoms with Crippen molar-refractivity contribution in [3.05, 3.63) is 32.8 Å². The fourth-order valence-corrected chi connectivity index (χ4v) is 3.65. The second kappa shape index (κ2) is 3.18. The third-order valence-corrected chi connectivity index (χ3v) is 4.61. The number of halogens is 1. The molecule has 2 aliphatic carbocycles. The SMILES string of the molecule is C[C@H]1Cc2c(cc3c(c2Br)CCC3)C1=O. The molecule has 0 radical (unpaired) electrons. The van der Waals surface area contributed by atoms with Crippen molar-refractivity contribution in [2.24, 2.45) is 5.92 Å². The van der Waals surface area contributed by atoms with Crippen LogP contribution in [0.1, 0.15) is 40.4 Å². The average Bonchev–Trinajstić information content (AvgIpc) is 2.77. The maximum absolute atomic E-state index is 11.9. The van der Waals surface area contributed by atoms with E-state index < -0.39 is 0 Å². The predicted molar refractivity (Wildman–Crippen MR) is 63.4 cm³/mol. The summed E-state index contributed by atoms with van der Waals surface area (Å²) in [6.07, 6.45) is 4.47. The Morgan fingerprint density at radius 2 is 2.13 bits per heavy atom. The molecule has 0 bridgehead atoms. The van der Waals surface area contributed by atoms with Gasteiger partial charge in [0.1, 0.15) is 0 Å². The second-order valence-electron chi connectivity index (χ2n) is 4.68. The van der Waals surface area contributed by atoms with Crippen LogP contribution in [0.4, 0.5) is 0 Å². The molecule has 2 aliphatic rings. The van der Waals surface area contributed by atoms with Gasteiger partial charge >= 0.3 is 0 Å². The average molecular weight is 265 g/mol. The summed E-state index contributed by atoms with van der Waals surface area (Å²) in [6, 6.07) is 2.15. The maximum Gasteiger partial charge on any atom is 0.166 e. The van der Waals surface area contributed by atoms with Crippen LogP contribution < -0.4 is 0 Å². The van der Waals surface area contributed by atoms with Crippen LogP contribution >= 0.6 is 15.9 Å². The number of ketones is 1. The molecule has 1 aromatic rings. The summed E-state index contributed by atoms with van der Waals surface area (Å²) in [5, 5.41) is 0. The molecule has 1 aromatic carbocycles. The first-order valence-electron chi connectivity index (χ1n) is 5.56. The number of benzene rings is 1. The van der Waals surface area contributed by atoms with Gasteiger partial charge in [0.25, 0.3) is 0 Å². The first kappa shape index (κ1) is 9.59. The second-order valence-corrected chi connectivity index (χ2v) is 5.47. The van der Waals surface area contributed by atoms with Gasteiger partial charge in [0.2, 0.25) is 0 Å². The Balaban J connectivity index is 2.25. The van der Waals surface area contributed by atoms with E-state index in [1.807, 2.05) is 6.92 Å². The van der Waals surface area contributed by atoms with Crippen molar-refractivity contribution >= 4 is 21.7 Å². The lowest BCUT2D eigenvalue weighted by Crippen LogP contribution is -2.03. The van der Waals surface area contributed by atoms with Gasteiger partial charge in [-0.25, -0.2) is 0 Å². The van der Waals surface area contributed by atoms with Gasteiger partial charge in [-0.1, -0.05) is 22.9 Å². The van der Waals surface area contributed by atoms with E-state index in [0.29, 0.717) is 5.78 Å². The van der Waals surface area contributed by atoms with E-state index in [2.05, 4.69) is 22.0 Å². The van der Waals surface area contributed by atoms with E-state index in [-0.39, 0.29) is 5.92 Å². The van der Waals surface area contributed by atoms with Crippen LogP contribution in [0.5, 0.6) is 0 Å². The summed E-state index contributed by atoms with van der Waals surface area (Å²) < 4.78 is 1.23. The van der Waals surface area contributed by atoms with Crippen molar-refractivity contribution in [1.29, 1.82) is 0 Å². The molecule has 0 saturated carbocycles. The van der Waals surface area contributed by atoms with Crippen molar-refractivity contribution in [2.45, 2.75) is 32.6 Å². The molecular weight excluding hydrogens is 252 g/mol. The van der Waals surface area contributed by atoms with Crippen LogP contribution in [0, 0.1) is 5.92 Å². The normalized spacial score (nSPS) is 23.1. The molecule has 0 spiro atoms. The van der Waals surface area contributed by atoms with E-state index in [0.717, 1.165) is 18.4 Å². The topological polar surface area (TPSA) is 17.1 Å². The highest BCUT2D eigenvalue weighted by Crippen LogP contribution is 2.39. The number of rotatable bonds is 0. The number of aryl methyl sites for hydroxylation is 1. The minimum atomic E-state index is 0.179. The molecule has 0 amide bonds. The van der Waals surface area contributed by atoms with E-state index >= 15 is 0 Å². The van der Waals surface area contributed by atoms with Gasteiger partial charge in [-0.05, 0) is 48.4 Å². The lowest BCUT2D eigenvalue weighted by atomic mass is 10.0. The first-order valence-corrected chi connectivity index (χ1v) is 6.35. The van der Waals surface area contributed by atoms with E-state index in [1.165, 1.54) is 34.0 Å². The molecule has 2 heteroatoms. The molecule has 0 heterocycles. The Morgan fingerprint density at radius 3 is 2.93 bits per heavy atom. The Labute approximate surface area is 98.0 Å². The Morgan fingerprint density at radius 1 is 1.33 bits per heavy atom. The number of hydrogen-bond acceptors (Lipinski definition) is 1. The van der Waals surface area contributed by atoms with Crippen molar-refractivity contribution < 1.29 is 4.79 Å². The lowest BCUT2D eigenvalue weighted by Gasteiger charge is -2.08. The van der Waals surface area contributed by atoms with Crippen LogP contribution in [0.2, 0.25) is 0 Å². The predicted octanol–water partition coefficient (Wildman–Crippen LogP) is 3.31. The number of Topliss-reactive ketones (excluding diaryl/α,β-unsaturated/α-hetero) is 1. The Kier molecular flexibility index (Phi) is 2.03. The fourth-order valence-electron chi connectivity index (χ4n) is 2.82. The van der Waals surface area contributed by atoms with Crippen LogP contribution in [-0.4, -0.2) is 5.78 Å². The molecule has 1 nitrogen and oxygen atoms in total. The van der Waals surface area contributed by atoms with Crippen molar-refractivity contribution in [1.82, 2.24) is 0 Å². The zero-order valence-corrected chi connectivity index (χ0v) is 10.4. The summed E-state index contributed by atoms with van der Waals surface area (Å²) in [5.41, 5.74) is 5.09. The molecule has 0 fully saturated rings. The number of carbonyl (C=O) groups excluding carboxylic acids is 1. The van der Waals surface area contributed by atoms with E-state index in [9.17, 15) is 4.79 Å². The molecule has 78 valence electrons. The van der Waals surface area contributed by atoms with E-state index in [4.69, 9.17) is 0 Å². The number of fused-ring (bicyclic) bond motifs is 2. The lowest BCUT2D eigenvalue weighted by molar-refractivity contribution is 0.0946. The standard InChI is InChI=1S/C13H13BrO/c1-7-5-10-11(13(7)15)6-8-3-2-4-9(8)12(10)14/h6-7H,2-5H2,1H3/t7-/m0/s1. The molecule has 0 aliphatic heterocycles. The Bertz CT molecular complexity index is 462. The van der Waals surface area contributed by atoms with E-state index in [1.54, 1.807) is 0 Å². The monoisotopic (exact) mass is 264 g/mol. The summed E-state index contributed by atoms with van der Waals surface area (Å²) in [7, 11) is 0. The van der Waals surface area contributed by atoms with Crippen LogP contribution in [0.3, 0.4) is 0 Å². The third-order valence-electron chi connectivity index (χ3n) is 3.66. The highest BCUT2D eigenvalue weighted by molar-refractivity contribution is 9.10. The van der Waals surface area contributed by atoms with Crippen molar-refractivity contribution in [2.75, 3.05) is 0 Å². The minimum absolute atomic E-state index is 0.179. The first-order chi connectivity index (χ1) is 7.18. The summed E-state index contributed by atoms with van der Waals surface area (Å²) in [6.45, 7) is 2.03. The minimum Gasteiger partial charge on any atom is -0.294 e. The molecular formula is C13H13BrO. The van der Waals surface area contributed by atoms with Crippen LogP contribution in [-0.2, 0) is 19.3 Å². The van der Waals surface area contributed by atoms with Gasteiger partial charge in [0.05, 0.1) is 0 Å². The van der Waals surface area contributed by atoms with Gasteiger partial charge in [0.15, 0.2) is 5.78 Å². The smallest absolute Gasteiger partial charge is 0.166 e. The number of carbonyl (C=O) groups is 1. The Hall–Kier alpha value is -0.630. The van der Waals surface area contributed by atoms with Gasteiger partial charge in [-0.2, -0.15) is 0 Å². The molecule has 15 heavy (non-hydrogen) atoms. The maximum atomic E-state index is 11.9. The largest absolute Gasteiger partial charge is 0.294 e. The summed E-state index contributed by atoms with van der Waals surface area (Å²) >= 11 is 3.69. The van der Waals surface area contributed by atoms with Gasteiger partial charge in [-0.15, -0.1) is 0 Å². The van der Waals surface area contributed by atoms with Gasteiger partial charge < -0.3 is 0 Å². The van der Waals surface area contributed by atoms with Gasteiger partial charge in [-0.3, -0.25) is 4.79 Å². The zero-order chi connectivity index (χ0) is 10.6. The summed E-state index contributed by atoms with van der Waals surface area (Å²) in [5.74, 6) is 0.513. The van der Waals surface area contributed by atoms with Gasteiger partial charge in [0, 0.05) is 16.0 Å². The molecule has 0 saturated heterocycles. The quantitative estimate of drug-likeness (QED) is 0.703. The number of hydrogen-bond donors (Lipinski definition) is 0. The fraction of sp³-hybridized carbons (Fsp3) is 0.462. The summed E-state index contributed by atoms with van der Waals surface area (Å²) in [4.78, 5) is 11.9. The molecule has 0 aromatic heterocycles. The highest BCUT2D eigenvalue weighted by Gasteiger charge is 2.31. The molecule has 3 rings (SSSR count). The molecule has 0 N–H and O–H groups in total. The van der Waals surface area contributed by atoms with Crippen molar-refractivity contribution in [3.8, 4) is 0 Å². The third kappa shape index (κ3) is 1.24. The van der Waals surface area contributed by atoms with Crippen molar-refractivity contribution in [3.63, 3.8) is 0 Å². The van der Waals surface area contributed by atoms with Crippen LogP contribution in [0.15, 0.2) is 10.5 Å². The van der Waals surface area contributed by atoms with Crippen LogP contribution in [0.25, 0.3) is 0 Å². The highest BCUT2D eigenvalue weighted by atomic mass is 79.9.